The van der Waals surface area contributed by atoms with Crippen LogP contribution in [-0.2, 0) is 0 Å². The average molecular weight is 336 g/mol. The molecule has 0 aliphatic carbocycles. The number of aromatic carboxylic acids is 1. The van der Waals surface area contributed by atoms with Crippen molar-refractivity contribution < 1.29 is 14.3 Å². The maximum atomic E-state index is 13.1. The Labute approximate surface area is 128 Å². The molecule has 0 atom stereocenters. The summed E-state index contributed by atoms with van der Waals surface area (Å²) in [6.07, 6.45) is 1.13. The third-order valence-corrected chi connectivity index (χ3v) is 3.22. The Morgan fingerprint density at radius 2 is 1.75 bits per heavy atom. The van der Waals surface area contributed by atoms with E-state index in [1.54, 1.807) is 0 Å². The van der Waals surface area contributed by atoms with Crippen LogP contribution < -0.4 is 5.32 Å². The molecular weight excluding hydrogens is 330 g/mol. The smallest absolute Gasteiger partial charge is 0.337 e. The van der Waals surface area contributed by atoms with Gasteiger partial charge in [0.25, 0.3) is 0 Å². The molecule has 0 aliphatic heterocycles. The number of hydrogen-bond donors (Lipinski definition) is 2. The molecule has 0 spiro atoms. The molecule has 1 aromatic carbocycles. The summed E-state index contributed by atoms with van der Waals surface area (Å²) in [7, 11) is 0. The van der Waals surface area contributed by atoms with E-state index >= 15 is 0 Å². The Balaban J connectivity index is 2.38. The second-order valence-electron chi connectivity index (χ2n) is 3.73. The van der Waals surface area contributed by atoms with Gasteiger partial charge < -0.3 is 10.4 Å². The van der Waals surface area contributed by atoms with Gasteiger partial charge in [-0.3, -0.25) is 0 Å². The molecule has 1 heterocycles. The summed E-state index contributed by atoms with van der Waals surface area (Å²) in [5.74, 6) is -1.57. The highest BCUT2D eigenvalue weighted by Gasteiger charge is 2.13. The molecule has 0 aliphatic rings. The lowest BCUT2D eigenvalue weighted by atomic mass is 10.2. The van der Waals surface area contributed by atoms with Crippen LogP contribution in [0.1, 0.15) is 10.4 Å². The van der Waals surface area contributed by atoms with Gasteiger partial charge in [-0.05, 0) is 18.2 Å². The topological polar surface area (TPSA) is 62.2 Å². The van der Waals surface area contributed by atoms with Gasteiger partial charge in [0.2, 0.25) is 0 Å². The van der Waals surface area contributed by atoms with E-state index in [4.69, 9.17) is 39.9 Å². The van der Waals surface area contributed by atoms with Crippen molar-refractivity contribution >= 4 is 52.3 Å². The predicted molar refractivity (Wildman–Crippen MR) is 75.9 cm³/mol. The van der Waals surface area contributed by atoms with Crippen LogP contribution in [0.2, 0.25) is 15.1 Å². The molecule has 1 aromatic heterocycles. The molecule has 2 rings (SSSR count). The van der Waals surface area contributed by atoms with Crippen LogP contribution in [-0.4, -0.2) is 16.1 Å². The van der Waals surface area contributed by atoms with Gasteiger partial charge in [0.1, 0.15) is 11.6 Å². The van der Waals surface area contributed by atoms with Gasteiger partial charge in [0, 0.05) is 6.20 Å². The van der Waals surface area contributed by atoms with Crippen molar-refractivity contribution in [1.82, 2.24) is 4.98 Å². The van der Waals surface area contributed by atoms with Crippen LogP contribution in [0.15, 0.2) is 24.4 Å². The lowest BCUT2D eigenvalue weighted by Gasteiger charge is -2.11. The first-order valence-electron chi connectivity index (χ1n) is 5.19. The average Bonchev–Trinajstić information content (AvgIpc) is 2.34. The second-order valence-corrected chi connectivity index (χ2v) is 4.95. The summed E-state index contributed by atoms with van der Waals surface area (Å²) in [5, 5.41) is 11.7. The molecule has 8 heteroatoms. The first-order chi connectivity index (χ1) is 9.38. The fourth-order valence-corrected chi connectivity index (χ4v) is 2.20. The van der Waals surface area contributed by atoms with E-state index in [0.717, 1.165) is 18.3 Å². The monoisotopic (exact) mass is 334 g/mol. The van der Waals surface area contributed by atoms with Crippen LogP contribution >= 0.6 is 34.8 Å². The van der Waals surface area contributed by atoms with E-state index < -0.39 is 11.8 Å². The van der Waals surface area contributed by atoms with Crippen molar-refractivity contribution in [1.29, 1.82) is 0 Å². The zero-order chi connectivity index (χ0) is 14.9. The molecule has 0 unspecified atom stereocenters. The van der Waals surface area contributed by atoms with Crippen molar-refractivity contribution in [3.8, 4) is 0 Å². The maximum absolute atomic E-state index is 13.1. The summed E-state index contributed by atoms with van der Waals surface area (Å²) in [6, 6.07) is 3.38. The van der Waals surface area contributed by atoms with E-state index in [2.05, 4.69) is 10.3 Å². The van der Waals surface area contributed by atoms with Crippen molar-refractivity contribution in [3.63, 3.8) is 0 Å². The third kappa shape index (κ3) is 3.12. The maximum Gasteiger partial charge on any atom is 0.337 e. The molecule has 0 saturated carbocycles. The fourth-order valence-electron chi connectivity index (χ4n) is 1.43. The van der Waals surface area contributed by atoms with Gasteiger partial charge in [0.05, 0.1) is 26.3 Å². The van der Waals surface area contributed by atoms with Gasteiger partial charge in [0.15, 0.2) is 0 Å². The highest BCUT2D eigenvalue weighted by atomic mass is 35.5. The normalized spacial score (nSPS) is 10.4. The number of nitrogens with one attached hydrogen (secondary N) is 1. The van der Waals surface area contributed by atoms with Gasteiger partial charge >= 0.3 is 5.97 Å². The lowest BCUT2D eigenvalue weighted by Crippen LogP contribution is -2.01. The quantitative estimate of drug-likeness (QED) is 0.859. The fraction of sp³-hybridized carbons (Fsp3) is 0. The van der Waals surface area contributed by atoms with Gasteiger partial charge in [-0.1, -0.05) is 34.8 Å². The molecule has 2 N–H and O–H groups in total. The van der Waals surface area contributed by atoms with Crippen LogP contribution in [0.4, 0.5) is 15.9 Å². The number of halogens is 4. The number of aromatic nitrogens is 1. The highest BCUT2D eigenvalue weighted by Crippen LogP contribution is 2.35. The van der Waals surface area contributed by atoms with E-state index in [-0.39, 0.29) is 32.1 Å². The first-order valence-corrected chi connectivity index (χ1v) is 6.32. The van der Waals surface area contributed by atoms with Crippen LogP contribution in [0.5, 0.6) is 0 Å². The predicted octanol–water partition coefficient (Wildman–Crippen LogP) is 4.62. The standard InChI is InChI=1S/C12H6Cl3FN2O2/c13-7-2-6(16)3-8(14)10(7)18-11-9(15)1-5(4-17-11)12(19)20/h1-4H,(H,17,18)(H,19,20). The number of pyridine rings is 1. The van der Waals surface area contributed by atoms with Crippen LogP contribution in [0.25, 0.3) is 0 Å². The zero-order valence-corrected chi connectivity index (χ0v) is 11.9. The summed E-state index contributed by atoms with van der Waals surface area (Å²) >= 11 is 17.6. The van der Waals surface area contributed by atoms with E-state index in [9.17, 15) is 9.18 Å². The Kier molecular flexibility index (Phi) is 4.32. The summed E-state index contributed by atoms with van der Waals surface area (Å²) in [6.45, 7) is 0. The summed E-state index contributed by atoms with van der Waals surface area (Å²) in [5.41, 5.74) is 0.170. The van der Waals surface area contributed by atoms with E-state index in [0.29, 0.717) is 0 Å². The zero-order valence-electron chi connectivity index (χ0n) is 9.62. The highest BCUT2D eigenvalue weighted by molar-refractivity contribution is 6.39. The minimum absolute atomic E-state index is 0.0511. The van der Waals surface area contributed by atoms with Crippen molar-refractivity contribution in [3.05, 3.63) is 50.8 Å². The molecule has 0 amide bonds. The van der Waals surface area contributed by atoms with Crippen LogP contribution in [0.3, 0.4) is 0 Å². The molecule has 4 nitrogen and oxygen atoms in total. The second kappa shape index (κ2) is 5.83. The summed E-state index contributed by atoms with van der Waals surface area (Å²) < 4.78 is 13.1. The molecule has 104 valence electrons. The molecule has 0 radical (unpaired) electrons. The number of hydrogen-bond acceptors (Lipinski definition) is 3. The minimum Gasteiger partial charge on any atom is -0.478 e. The number of carboxylic acid groups (broad SMARTS) is 1. The summed E-state index contributed by atoms with van der Waals surface area (Å²) in [4.78, 5) is 14.6. The molecule has 20 heavy (non-hydrogen) atoms. The van der Waals surface area contributed by atoms with E-state index in [1.807, 2.05) is 0 Å². The van der Waals surface area contributed by atoms with Crippen LogP contribution in [0, 0.1) is 5.82 Å². The molecule has 0 saturated heterocycles. The SMILES string of the molecule is O=C(O)c1cnc(Nc2c(Cl)cc(F)cc2Cl)c(Cl)c1. The van der Waals surface area contributed by atoms with E-state index in [1.165, 1.54) is 6.07 Å². The Bertz CT molecular complexity index is 671. The molecule has 2 aromatic rings. The molecule has 0 bridgehead atoms. The number of nitrogens with zero attached hydrogens (tertiary/aromatic N) is 1. The van der Waals surface area contributed by atoms with Gasteiger partial charge in [-0.25, -0.2) is 14.2 Å². The lowest BCUT2D eigenvalue weighted by molar-refractivity contribution is 0.0696. The minimum atomic E-state index is -1.15. The largest absolute Gasteiger partial charge is 0.478 e. The van der Waals surface area contributed by atoms with Crippen molar-refractivity contribution in [2.75, 3.05) is 5.32 Å². The van der Waals surface area contributed by atoms with Gasteiger partial charge in [-0.2, -0.15) is 0 Å². The third-order valence-electron chi connectivity index (χ3n) is 2.34. The molecule has 0 fully saturated rings. The Hall–Kier alpha value is -1.56. The number of carbonyl (C=O) groups is 1. The number of carboxylic acids is 1. The Morgan fingerprint density at radius 1 is 1.15 bits per heavy atom. The Morgan fingerprint density at radius 3 is 2.25 bits per heavy atom. The number of rotatable bonds is 3. The number of anilines is 2. The number of benzene rings is 1. The van der Waals surface area contributed by atoms with Crippen molar-refractivity contribution in [2.45, 2.75) is 0 Å². The van der Waals surface area contributed by atoms with Crippen molar-refractivity contribution in [2.24, 2.45) is 0 Å². The molecular formula is C12H6Cl3FN2O2. The van der Waals surface area contributed by atoms with Gasteiger partial charge in [-0.15, -0.1) is 0 Å². The first kappa shape index (κ1) is 14.8.